The quantitative estimate of drug-likeness (QED) is 0.879. The highest BCUT2D eigenvalue weighted by molar-refractivity contribution is 6.33. The summed E-state index contributed by atoms with van der Waals surface area (Å²) in [6.45, 7) is 0. The number of hydrogen-bond acceptors (Lipinski definition) is 2. The van der Waals surface area contributed by atoms with E-state index >= 15 is 0 Å². The fourth-order valence-corrected chi connectivity index (χ4v) is 3.55. The standard InChI is InChI=1S/C15H18ClFN2O/c16-11-8-10(17)5-6-13(11)19-15(20)14-7-9-3-1-2-4-12(9)18-14/h5-6,8-9,12,14,18H,1-4,7H2,(H,19,20). The maximum absolute atomic E-state index is 13.0. The molecule has 1 heterocycles. The zero-order valence-electron chi connectivity index (χ0n) is 11.2. The molecule has 1 saturated heterocycles. The van der Waals surface area contributed by atoms with E-state index in [0.29, 0.717) is 17.6 Å². The Hall–Kier alpha value is -1.13. The molecule has 0 aromatic heterocycles. The third kappa shape index (κ3) is 2.81. The normalized spacial score (nSPS) is 29.0. The number of amides is 1. The van der Waals surface area contributed by atoms with E-state index in [2.05, 4.69) is 10.6 Å². The van der Waals surface area contributed by atoms with Gasteiger partial charge in [0.05, 0.1) is 16.8 Å². The zero-order chi connectivity index (χ0) is 14.1. The van der Waals surface area contributed by atoms with Crippen LogP contribution in [-0.4, -0.2) is 18.0 Å². The van der Waals surface area contributed by atoms with Crippen LogP contribution in [0.25, 0.3) is 0 Å². The van der Waals surface area contributed by atoms with Crippen LogP contribution in [0.1, 0.15) is 32.1 Å². The summed E-state index contributed by atoms with van der Waals surface area (Å²) in [6, 6.07) is 4.31. The van der Waals surface area contributed by atoms with E-state index in [1.807, 2.05) is 0 Å². The van der Waals surface area contributed by atoms with Gasteiger partial charge in [-0.05, 0) is 43.4 Å². The van der Waals surface area contributed by atoms with Crippen molar-refractivity contribution in [3.63, 3.8) is 0 Å². The van der Waals surface area contributed by atoms with E-state index in [9.17, 15) is 9.18 Å². The Morgan fingerprint density at radius 3 is 2.90 bits per heavy atom. The van der Waals surface area contributed by atoms with Crippen molar-refractivity contribution in [2.45, 2.75) is 44.2 Å². The number of carbonyl (C=O) groups excluding carboxylic acids is 1. The van der Waals surface area contributed by atoms with Crippen molar-refractivity contribution in [1.82, 2.24) is 5.32 Å². The molecule has 0 radical (unpaired) electrons. The molecule has 3 unspecified atom stereocenters. The SMILES string of the molecule is O=C(Nc1ccc(F)cc1Cl)C1CC2CCCCC2N1. The molecule has 1 amide bonds. The van der Waals surface area contributed by atoms with Gasteiger partial charge in [0, 0.05) is 6.04 Å². The van der Waals surface area contributed by atoms with Crippen LogP contribution in [-0.2, 0) is 4.79 Å². The van der Waals surface area contributed by atoms with Crippen LogP contribution in [0.15, 0.2) is 18.2 Å². The highest BCUT2D eigenvalue weighted by Crippen LogP contribution is 2.33. The first-order valence-electron chi connectivity index (χ1n) is 7.15. The van der Waals surface area contributed by atoms with E-state index in [4.69, 9.17) is 11.6 Å². The van der Waals surface area contributed by atoms with Crippen molar-refractivity contribution in [1.29, 1.82) is 0 Å². The molecule has 0 spiro atoms. The monoisotopic (exact) mass is 296 g/mol. The molecule has 1 aliphatic carbocycles. The minimum Gasteiger partial charge on any atom is -0.323 e. The Morgan fingerprint density at radius 2 is 2.15 bits per heavy atom. The first-order valence-corrected chi connectivity index (χ1v) is 7.53. The van der Waals surface area contributed by atoms with E-state index < -0.39 is 5.82 Å². The fraction of sp³-hybridized carbons (Fsp3) is 0.533. The van der Waals surface area contributed by atoms with Crippen LogP contribution in [0.3, 0.4) is 0 Å². The number of rotatable bonds is 2. The van der Waals surface area contributed by atoms with Gasteiger partial charge in [0.2, 0.25) is 5.91 Å². The van der Waals surface area contributed by atoms with Crippen LogP contribution in [0, 0.1) is 11.7 Å². The van der Waals surface area contributed by atoms with Crippen LogP contribution >= 0.6 is 11.6 Å². The lowest BCUT2D eigenvalue weighted by molar-refractivity contribution is -0.117. The lowest BCUT2D eigenvalue weighted by atomic mass is 9.85. The van der Waals surface area contributed by atoms with Crippen molar-refractivity contribution in [3.8, 4) is 0 Å². The molecule has 2 N–H and O–H groups in total. The van der Waals surface area contributed by atoms with E-state index in [1.54, 1.807) is 0 Å². The van der Waals surface area contributed by atoms with Gasteiger partial charge in [0.1, 0.15) is 5.82 Å². The van der Waals surface area contributed by atoms with Gasteiger partial charge in [-0.2, -0.15) is 0 Å². The second-order valence-corrected chi connectivity index (χ2v) is 6.13. The number of carbonyl (C=O) groups is 1. The summed E-state index contributed by atoms with van der Waals surface area (Å²) in [5.41, 5.74) is 0.467. The third-order valence-corrected chi connectivity index (χ3v) is 4.68. The van der Waals surface area contributed by atoms with Gasteiger partial charge in [0.15, 0.2) is 0 Å². The van der Waals surface area contributed by atoms with E-state index in [1.165, 1.54) is 37.5 Å². The second-order valence-electron chi connectivity index (χ2n) is 5.72. The second kappa shape index (κ2) is 5.70. The molecule has 20 heavy (non-hydrogen) atoms. The molecule has 1 aromatic carbocycles. The molecule has 2 fully saturated rings. The molecule has 3 atom stereocenters. The van der Waals surface area contributed by atoms with Crippen molar-refractivity contribution in [3.05, 3.63) is 29.0 Å². The average Bonchev–Trinajstić information content (AvgIpc) is 2.86. The van der Waals surface area contributed by atoms with Gasteiger partial charge in [0.25, 0.3) is 0 Å². The first-order chi connectivity index (χ1) is 9.63. The lowest BCUT2D eigenvalue weighted by Crippen LogP contribution is -2.39. The summed E-state index contributed by atoms with van der Waals surface area (Å²) in [5.74, 6) is 0.133. The molecule has 1 aromatic rings. The van der Waals surface area contributed by atoms with Crippen molar-refractivity contribution >= 4 is 23.2 Å². The minimum atomic E-state index is -0.405. The molecule has 2 aliphatic rings. The third-order valence-electron chi connectivity index (χ3n) is 4.37. The fourth-order valence-electron chi connectivity index (χ4n) is 3.33. The van der Waals surface area contributed by atoms with Gasteiger partial charge in [-0.25, -0.2) is 4.39 Å². The van der Waals surface area contributed by atoms with Gasteiger partial charge in [-0.15, -0.1) is 0 Å². The van der Waals surface area contributed by atoms with Gasteiger partial charge in [-0.3, -0.25) is 4.79 Å². The van der Waals surface area contributed by atoms with Crippen molar-refractivity contribution < 1.29 is 9.18 Å². The molecule has 5 heteroatoms. The lowest BCUT2D eigenvalue weighted by Gasteiger charge is -2.24. The predicted molar refractivity (Wildman–Crippen MR) is 77.3 cm³/mol. The van der Waals surface area contributed by atoms with Gasteiger partial charge < -0.3 is 10.6 Å². The maximum atomic E-state index is 13.0. The molecule has 1 aliphatic heterocycles. The maximum Gasteiger partial charge on any atom is 0.241 e. The number of halogens is 2. The number of nitrogens with one attached hydrogen (secondary N) is 2. The summed E-state index contributed by atoms with van der Waals surface area (Å²) in [7, 11) is 0. The average molecular weight is 297 g/mol. The smallest absolute Gasteiger partial charge is 0.241 e. The molecule has 3 rings (SSSR count). The molecule has 3 nitrogen and oxygen atoms in total. The highest BCUT2D eigenvalue weighted by Gasteiger charge is 2.38. The minimum absolute atomic E-state index is 0.0760. The van der Waals surface area contributed by atoms with Crippen LogP contribution in [0.2, 0.25) is 5.02 Å². The topological polar surface area (TPSA) is 41.1 Å². The Bertz CT molecular complexity index is 509. The highest BCUT2D eigenvalue weighted by atomic mass is 35.5. The number of benzene rings is 1. The zero-order valence-corrected chi connectivity index (χ0v) is 11.9. The largest absolute Gasteiger partial charge is 0.323 e. The first kappa shape index (κ1) is 13.8. The Morgan fingerprint density at radius 1 is 1.35 bits per heavy atom. The van der Waals surface area contributed by atoms with Gasteiger partial charge in [-0.1, -0.05) is 24.4 Å². The number of anilines is 1. The Labute approximate surface area is 122 Å². The van der Waals surface area contributed by atoms with Crippen molar-refractivity contribution in [2.24, 2.45) is 5.92 Å². The van der Waals surface area contributed by atoms with E-state index in [0.717, 1.165) is 12.8 Å². The summed E-state index contributed by atoms with van der Waals surface area (Å²) in [4.78, 5) is 12.3. The number of fused-ring (bicyclic) bond motifs is 1. The van der Waals surface area contributed by atoms with Gasteiger partial charge >= 0.3 is 0 Å². The molecule has 0 bridgehead atoms. The predicted octanol–water partition coefficient (Wildman–Crippen LogP) is 3.34. The Balaban J connectivity index is 1.65. The number of hydrogen-bond donors (Lipinski definition) is 2. The van der Waals surface area contributed by atoms with Crippen LogP contribution in [0.5, 0.6) is 0 Å². The molecular weight excluding hydrogens is 279 g/mol. The molecular formula is C15H18ClFN2O. The van der Waals surface area contributed by atoms with Crippen LogP contribution < -0.4 is 10.6 Å². The summed E-state index contributed by atoms with van der Waals surface area (Å²) in [5, 5.41) is 6.43. The van der Waals surface area contributed by atoms with Crippen LogP contribution in [0.4, 0.5) is 10.1 Å². The summed E-state index contributed by atoms with van der Waals surface area (Å²) >= 11 is 5.93. The summed E-state index contributed by atoms with van der Waals surface area (Å²) in [6.07, 6.45) is 5.76. The van der Waals surface area contributed by atoms with E-state index in [-0.39, 0.29) is 17.0 Å². The summed E-state index contributed by atoms with van der Waals surface area (Å²) < 4.78 is 13.0. The molecule has 108 valence electrons. The Kier molecular flexibility index (Phi) is 3.94. The van der Waals surface area contributed by atoms with Crippen molar-refractivity contribution in [2.75, 3.05) is 5.32 Å². The molecule has 1 saturated carbocycles.